The largest absolute Gasteiger partial charge is 0.449 e. The van der Waals surface area contributed by atoms with Crippen LogP contribution >= 0.6 is 23.2 Å². The van der Waals surface area contributed by atoms with Gasteiger partial charge in [-0.3, -0.25) is 0 Å². The van der Waals surface area contributed by atoms with Gasteiger partial charge in [0.2, 0.25) is 5.84 Å². The number of hydrogen-bond donors (Lipinski definition) is 0. The summed E-state index contributed by atoms with van der Waals surface area (Å²) in [6.45, 7) is 3.58. The van der Waals surface area contributed by atoms with Crippen LogP contribution in [0.3, 0.4) is 0 Å². The van der Waals surface area contributed by atoms with Gasteiger partial charge in [0.05, 0.1) is 15.6 Å². The van der Waals surface area contributed by atoms with Gasteiger partial charge in [0.25, 0.3) is 0 Å². The third-order valence-corrected chi connectivity index (χ3v) is 3.68. The van der Waals surface area contributed by atoms with Crippen LogP contribution in [0.4, 0.5) is 32.0 Å². The molecule has 1 rings (SSSR count). The first-order valence-electron chi connectivity index (χ1n) is 7.38. The SMILES string of the molecule is CCCN(CCC)C(=Nc1c(Cl)cc(C(F)(F)F)cc1Cl)C(F)(F)F. The van der Waals surface area contributed by atoms with Gasteiger partial charge in [0.15, 0.2) is 0 Å². The highest BCUT2D eigenvalue weighted by Crippen LogP contribution is 2.40. The molecule has 0 radical (unpaired) electrons. The zero-order valence-corrected chi connectivity index (χ0v) is 14.9. The van der Waals surface area contributed by atoms with E-state index < -0.39 is 39.5 Å². The normalized spacial score (nSPS) is 13.3. The second kappa shape index (κ2) is 8.49. The van der Waals surface area contributed by atoms with Crippen molar-refractivity contribution in [3.8, 4) is 0 Å². The molecule has 0 aliphatic rings. The van der Waals surface area contributed by atoms with Gasteiger partial charge in [-0.05, 0) is 25.0 Å². The summed E-state index contributed by atoms with van der Waals surface area (Å²) in [7, 11) is 0. The van der Waals surface area contributed by atoms with Gasteiger partial charge in [-0.15, -0.1) is 0 Å². The first-order valence-corrected chi connectivity index (χ1v) is 8.14. The van der Waals surface area contributed by atoms with Crippen molar-refractivity contribution in [2.75, 3.05) is 13.1 Å². The molecule has 0 aliphatic carbocycles. The molecule has 0 saturated heterocycles. The minimum atomic E-state index is -4.81. The molecule has 1 aromatic carbocycles. The summed E-state index contributed by atoms with van der Waals surface area (Å²) < 4.78 is 78.3. The summed E-state index contributed by atoms with van der Waals surface area (Å²) in [5, 5.41) is -1.20. The first-order chi connectivity index (χ1) is 11.4. The van der Waals surface area contributed by atoms with Crippen LogP contribution in [0.25, 0.3) is 0 Å². The Morgan fingerprint density at radius 1 is 0.960 bits per heavy atom. The van der Waals surface area contributed by atoms with Gasteiger partial charge in [-0.1, -0.05) is 37.0 Å². The number of aliphatic imine (C=N–C) groups is 1. The van der Waals surface area contributed by atoms with E-state index >= 15 is 0 Å². The fraction of sp³-hybridized carbons (Fsp3) is 0.533. The van der Waals surface area contributed by atoms with Crippen LogP contribution in [0, 0.1) is 0 Å². The highest BCUT2D eigenvalue weighted by molar-refractivity contribution is 6.39. The summed E-state index contributed by atoms with van der Waals surface area (Å²) in [6.07, 6.45) is -8.66. The third kappa shape index (κ3) is 5.95. The average molecular weight is 409 g/mol. The Bertz CT molecular complexity index is 596. The Balaban J connectivity index is 3.48. The van der Waals surface area contributed by atoms with Crippen LogP contribution in [0.2, 0.25) is 10.0 Å². The van der Waals surface area contributed by atoms with E-state index in [-0.39, 0.29) is 13.1 Å². The van der Waals surface area contributed by atoms with Crippen LogP contribution in [-0.4, -0.2) is 30.0 Å². The van der Waals surface area contributed by atoms with Gasteiger partial charge in [-0.2, -0.15) is 26.3 Å². The molecule has 0 aromatic heterocycles. The minimum absolute atomic E-state index is 0.0854. The number of alkyl halides is 6. The summed E-state index contributed by atoms with van der Waals surface area (Å²) in [5.41, 5.74) is -1.70. The molecule has 10 heteroatoms. The van der Waals surface area contributed by atoms with E-state index in [2.05, 4.69) is 4.99 Å². The van der Waals surface area contributed by atoms with E-state index in [4.69, 9.17) is 23.2 Å². The lowest BCUT2D eigenvalue weighted by Gasteiger charge is -2.27. The molecule has 0 heterocycles. The quantitative estimate of drug-likeness (QED) is 0.299. The lowest BCUT2D eigenvalue weighted by Crippen LogP contribution is -2.42. The summed E-state index contributed by atoms with van der Waals surface area (Å²) in [5.74, 6) is -1.24. The topological polar surface area (TPSA) is 15.6 Å². The van der Waals surface area contributed by atoms with Crippen LogP contribution in [0.5, 0.6) is 0 Å². The maximum atomic E-state index is 13.4. The smallest absolute Gasteiger partial charge is 0.353 e. The molecule has 0 N–H and O–H groups in total. The third-order valence-electron chi connectivity index (χ3n) is 3.10. The van der Waals surface area contributed by atoms with Gasteiger partial charge < -0.3 is 4.90 Å². The number of rotatable bonds is 5. The highest BCUT2D eigenvalue weighted by atomic mass is 35.5. The molecule has 2 nitrogen and oxygen atoms in total. The fourth-order valence-corrected chi connectivity index (χ4v) is 2.69. The lowest BCUT2D eigenvalue weighted by atomic mass is 10.2. The maximum Gasteiger partial charge on any atom is 0.449 e. The first kappa shape index (κ1) is 21.9. The molecule has 0 atom stereocenters. The standard InChI is InChI=1S/C15H16Cl2F6N2/c1-3-5-25(6-4-2)13(15(21,22)23)24-12-10(16)7-9(8-11(12)17)14(18,19)20/h7-8H,3-6H2,1-2H3. The van der Waals surface area contributed by atoms with Crippen molar-refractivity contribution in [2.24, 2.45) is 4.99 Å². The summed E-state index contributed by atoms with van der Waals surface area (Å²) >= 11 is 11.4. The predicted octanol–water partition coefficient (Wildman–Crippen LogP) is 6.73. The minimum Gasteiger partial charge on any atom is -0.353 e. The van der Waals surface area contributed by atoms with Gasteiger partial charge in [0.1, 0.15) is 5.69 Å². The molecular weight excluding hydrogens is 393 g/mol. The van der Waals surface area contributed by atoms with E-state index in [0.717, 1.165) is 4.90 Å². The second-order valence-electron chi connectivity index (χ2n) is 5.21. The number of benzene rings is 1. The van der Waals surface area contributed by atoms with Crippen molar-refractivity contribution in [3.05, 3.63) is 27.7 Å². The monoisotopic (exact) mass is 408 g/mol. The van der Waals surface area contributed by atoms with E-state index in [1.807, 2.05) is 0 Å². The highest BCUT2D eigenvalue weighted by Gasteiger charge is 2.40. The summed E-state index contributed by atoms with van der Waals surface area (Å²) in [6, 6.07) is 1.01. The van der Waals surface area contributed by atoms with Crippen molar-refractivity contribution in [1.82, 2.24) is 4.90 Å². The fourth-order valence-electron chi connectivity index (χ4n) is 2.12. The molecule has 25 heavy (non-hydrogen) atoms. The molecule has 0 saturated carbocycles. The van der Waals surface area contributed by atoms with Crippen LogP contribution in [-0.2, 0) is 6.18 Å². The zero-order chi connectivity index (χ0) is 19.4. The Hall–Kier alpha value is -1.15. The molecular formula is C15H16Cl2F6N2. The van der Waals surface area contributed by atoms with Crippen LogP contribution in [0.15, 0.2) is 17.1 Å². The van der Waals surface area contributed by atoms with Crippen LogP contribution in [0.1, 0.15) is 32.3 Å². The zero-order valence-electron chi connectivity index (χ0n) is 13.4. The predicted molar refractivity (Wildman–Crippen MR) is 86.8 cm³/mol. The van der Waals surface area contributed by atoms with Crippen molar-refractivity contribution < 1.29 is 26.3 Å². The Kier molecular flexibility index (Phi) is 7.43. The van der Waals surface area contributed by atoms with Crippen molar-refractivity contribution in [2.45, 2.75) is 39.0 Å². The Morgan fingerprint density at radius 3 is 1.72 bits per heavy atom. The van der Waals surface area contributed by atoms with Gasteiger partial charge >= 0.3 is 12.4 Å². The summed E-state index contributed by atoms with van der Waals surface area (Å²) in [4.78, 5) is 4.49. The molecule has 0 unspecified atom stereocenters. The van der Waals surface area contributed by atoms with E-state index in [1.54, 1.807) is 13.8 Å². The number of amidine groups is 1. The van der Waals surface area contributed by atoms with Crippen molar-refractivity contribution >= 4 is 34.7 Å². The maximum absolute atomic E-state index is 13.4. The lowest BCUT2D eigenvalue weighted by molar-refractivity contribution is -0.137. The number of hydrogen-bond acceptors (Lipinski definition) is 1. The van der Waals surface area contributed by atoms with Crippen molar-refractivity contribution in [3.63, 3.8) is 0 Å². The molecule has 0 spiro atoms. The average Bonchev–Trinajstić information content (AvgIpc) is 2.44. The number of nitrogens with zero attached hydrogens (tertiary/aromatic N) is 2. The van der Waals surface area contributed by atoms with E-state index in [1.165, 1.54) is 0 Å². The van der Waals surface area contributed by atoms with Crippen LogP contribution < -0.4 is 0 Å². The van der Waals surface area contributed by atoms with E-state index in [9.17, 15) is 26.3 Å². The molecule has 0 aliphatic heterocycles. The molecule has 0 fully saturated rings. The molecule has 142 valence electrons. The van der Waals surface area contributed by atoms with Gasteiger partial charge in [-0.25, -0.2) is 4.99 Å². The van der Waals surface area contributed by atoms with E-state index in [0.29, 0.717) is 25.0 Å². The Labute approximate surface area is 151 Å². The molecule has 0 amide bonds. The molecule has 0 bridgehead atoms. The van der Waals surface area contributed by atoms with Gasteiger partial charge in [0, 0.05) is 13.1 Å². The second-order valence-corrected chi connectivity index (χ2v) is 6.02. The Morgan fingerprint density at radius 2 is 1.40 bits per heavy atom. The number of halogens is 8. The molecule has 1 aromatic rings. The van der Waals surface area contributed by atoms with Crippen molar-refractivity contribution in [1.29, 1.82) is 0 Å².